The van der Waals surface area contributed by atoms with Crippen LogP contribution in [0.1, 0.15) is 40.5 Å². The van der Waals surface area contributed by atoms with Gasteiger partial charge in [0.25, 0.3) is 5.91 Å². The quantitative estimate of drug-likeness (QED) is 0.490. The Balaban J connectivity index is 1.68. The largest absolute Gasteiger partial charge is 0.467 e. The molecule has 6 nitrogen and oxygen atoms in total. The van der Waals surface area contributed by atoms with Crippen molar-refractivity contribution >= 4 is 11.7 Å². The Morgan fingerprint density at radius 3 is 2.45 bits per heavy atom. The minimum atomic E-state index is -0.303. The van der Waals surface area contributed by atoms with E-state index >= 15 is 0 Å². The van der Waals surface area contributed by atoms with Crippen molar-refractivity contribution in [2.75, 3.05) is 4.90 Å². The Morgan fingerprint density at radius 1 is 1.07 bits per heavy atom. The fourth-order valence-electron chi connectivity index (χ4n) is 3.41. The smallest absolute Gasteiger partial charge is 0.260 e. The molecule has 0 bridgehead atoms. The van der Waals surface area contributed by atoms with E-state index in [9.17, 15) is 4.79 Å². The molecule has 0 aliphatic heterocycles. The molecule has 1 aromatic carbocycles. The lowest BCUT2D eigenvalue weighted by Gasteiger charge is -2.27. The maximum Gasteiger partial charge on any atom is 0.260 e. The van der Waals surface area contributed by atoms with Crippen molar-refractivity contribution in [3.05, 3.63) is 95.8 Å². The van der Waals surface area contributed by atoms with E-state index in [0.717, 1.165) is 17.1 Å². The highest BCUT2D eigenvalue weighted by Crippen LogP contribution is 2.28. The predicted molar refractivity (Wildman–Crippen MR) is 111 cm³/mol. The molecule has 0 N–H and O–H groups in total. The van der Waals surface area contributed by atoms with E-state index in [4.69, 9.17) is 4.42 Å². The van der Waals surface area contributed by atoms with E-state index in [-0.39, 0.29) is 11.9 Å². The van der Waals surface area contributed by atoms with Gasteiger partial charge in [-0.15, -0.1) is 0 Å². The number of aryl methyl sites for hydroxylation is 2. The summed E-state index contributed by atoms with van der Waals surface area (Å²) in [6.07, 6.45) is 3.28. The normalized spacial score (nSPS) is 12.0. The van der Waals surface area contributed by atoms with E-state index in [2.05, 4.69) is 10.1 Å². The number of anilines is 1. The Morgan fingerprint density at radius 2 is 1.86 bits per heavy atom. The number of amides is 1. The third kappa shape index (κ3) is 3.69. The number of hydrogen-bond donors (Lipinski definition) is 0. The number of hydrogen-bond acceptors (Lipinski definition) is 4. The highest BCUT2D eigenvalue weighted by atomic mass is 16.3. The van der Waals surface area contributed by atoms with Crippen LogP contribution in [0.4, 0.5) is 5.82 Å². The van der Waals surface area contributed by atoms with Gasteiger partial charge in [0.05, 0.1) is 23.7 Å². The summed E-state index contributed by atoms with van der Waals surface area (Å²) < 4.78 is 7.41. The third-order valence-corrected chi connectivity index (χ3v) is 4.83. The van der Waals surface area contributed by atoms with Crippen LogP contribution in [0.25, 0.3) is 5.69 Å². The van der Waals surface area contributed by atoms with Gasteiger partial charge in [-0.2, -0.15) is 5.10 Å². The van der Waals surface area contributed by atoms with Crippen LogP contribution in [-0.4, -0.2) is 20.7 Å². The van der Waals surface area contributed by atoms with Gasteiger partial charge < -0.3 is 4.42 Å². The highest BCUT2D eigenvalue weighted by Gasteiger charge is 2.27. The highest BCUT2D eigenvalue weighted by molar-refractivity contribution is 6.06. The average molecular weight is 386 g/mol. The number of pyridine rings is 1. The molecule has 3 heterocycles. The molecule has 0 aliphatic carbocycles. The third-order valence-electron chi connectivity index (χ3n) is 4.83. The molecule has 6 heteroatoms. The van der Waals surface area contributed by atoms with Gasteiger partial charge in [0.1, 0.15) is 11.6 Å². The summed E-state index contributed by atoms with van der Waals surface area (Å²) in [5.41, 5.74) is 3.48. The van der Waals surface area contributed by atoms with E-state index in [1.54, 1.807) is 17.4 Å². The van der Waals surface area contributed by atoms with Crippen molar-refractivity contribution < 1.29 is 9.21 Å². The summed E-state index contributed by atoms with van der Waals surface area (Å²) in [5.74, 6) is 1.12. The van der Waals surface area contributed by atoms with E-state index < -0.39 is 0 Å². The van der Waals surface area contributed by atoms with Gasteiger partial charge in [0.15, 0.2) is 0 Å². The second-order valence-corrected chi connectivity index (χ2v) is 6.94. The van der Waals surface area contributed by atoms with Crippen molar-refractivity contribution in [3.63, 3.8) is 0 Å². The maximum atomic E-state index is 13.4. The van der Waals surface area contributed by atoms with Gasteiger partial charge in [-0.3, -0.25) is 9.69 Å². The molecular weight excluding hydrogens is 364 g/mol. The van der Waals surface area contributed by atoms with Crippen molar-refractivity contribution in [2.24, 2.45) is 0 Å². The minimum absolute atomic E-state index is 0.146. The topological polar surface area (TPSA) is 64.2 Å². The lowest BCUT2D eigenvalue weighted by molar-refractivity contribution is 0.0974. The summed E-state index contributed by atoms with van der Waals surface area (Å²) in [6.45, 7) is 5.89. The molecule has 146 valence electrons. The van der Waals surface area contributed by atoms with E-state index in [0.29, 0.717) is 17.1 Å². The molecule has 0 spiro atoms. The summed E-state index contributed by atoms with van der Waals surface area (Å²) in [7, 11) is 0. The second kappa shape index (κ2) is 7.75. The molecule has 4 rings (SSSR count). The SMILES string of the molecule is Cc1cc(C)n(-c2ccc(C(=O)N(c3ccccn3)[C@H](C)c3ccco3)cc2)n1. The lowest BCUT2D eigenvalue weighted by Crippen LogP contribution is -2.34. The summed E-state index contributed by atoms with van der Waals surface area (Å²) >= 11 is 0. The Labute approximate surface area is 169 Å². The van der Waals surface area contributed by atoms with Crippen LogP contribution in [0, 0.1) is 13.8 Å². The van der Waals surface area contributed by atoms with Gasteiger partial charge in [-0.1, -0.05) is 6.07 Å². The molecule has 0 aliphatic rings. The number of furan rings is 1. The summed E-state index contributed by atoms with van der Waals surface area (Å²) in [5, 5.41) is 4.50. The standard InChI is InChI=1S/C23H22N4O2/c1-16-15-17(2)27(25-16)20-11-9-19(10-12-20)23(28)26(22-8-4-5-13-24-22)18(3)21-7-6-14-29-21/h4-15,18H,1-3H3/t18-/m1/s1. The van der Waals surface area contributed by atoms with Crippen LogP contribution in [0.3, 0.4) is 0 Å². The van der Waals surface area contributed by atoms with Crippen LogP contribution in [0.2, 0.25) is 0 Å². The van der Waals surface area contributed by atoms with E-state index in [1.165, 1.54) is 0 Å². The molecule has 3 aromatic heterocycles. The monoisotopic (exact) mass is 386 g/mol. The maximum absolute atomic E-state index is 13.4. The van der Waals surface area contributed by atoms with Gasteiger partial charge in [-0.25, -0.2) is 9.67 Å². The van der Waals surface area contributed by atoms with Crippen LogP contribution in [0.5, 0.6) is 0 Å². The Bertz CT molecular complexity index is 1100. The first-order chi connectivity index (χ1) is 14.0. The molecular formula is C23H22N4O2. The molecule has 1 amide bonds. The zero-order valence-corrected chi connectivity index (χ0v) is 16.6. The number of carbonyl (C=O) groups is 1. The van der Waals surface area contributed by atoms with Crippen molar-refractivity contribution in [2.45, 2.75) is 26.8 Å². The number of carbonyl (C=O) groups excluding carboxylic acids is 1. The predicted octanol–water partition coefficient (Wildman–Crippen LogP) is 4.89. The molecule has 0 saturated carbocycles. The molecule has 0 fully saturated rings. The first kappa shape index (κ1) is 18.7. The first-order valence-corrected chi connectivity index (χ1v) is 9.46. The molecule has 29 heavy (non-hydrogen) atoms. The van der Waals surface area contributed by atoms with Crippen LogP contribution in [0.15, 0.2) is 77.5 Å². The molecule has 0 radical (unpaired) electrons. The molecule has 1 atom stereocenters. The lowest BCUT2D eigenvalue weighted by atomic mass is 10.1. The first-order valence-electron chi connectivity index (χ1n) is 9.46. The zero-order chi connectivity index (χ0) is 20.4. The number of aromatic nitrogens is 3. The number of benzene rings is 1. The van der Waals surface area contributed by atoms with E-state index in [1.807, 2.05) is 86.1 Å². The number of nitrogens with zero attached hydrogens (tertiary/aromatic N) is 4. The average Bonchev–Trinajstić information content (AvgIpc) is 3.38. The van der Waals surface area contributed by atoms with Crippen LogP contribution in [-0.2, 0) is 0 Å². The minimum Gasteiger partial charge on any atom is -0.467 e. The fourth-order valence-corrected chi connectivity index (χ4v) is 3.41. The van der Waals surface area contributed by atoms with Gasteiger partial charge >= 0.3 is 0 Å². The van der Waals surface area contributed by atoms with Crippen molar-refractivity contribution in [1.82, 2.24) is 14.8 Å². The van der Waals surface area contributed by atoms with Crippen molar-refractivity contribution in [1.29, 1.82) is 0 Å². The van der Waals surface area contributed by atoms with Crippen molar-refractivity contribution in [3.8, 4) is 5.69 Å². The molecule has 4 aromatic rings. The number of rotatable bonds is 5. The van der Waals surface area contributed by atoms with Crippen LogP contribution < -0.4 is 4.90 Å². The van der Waals surface area contributed by atoms with Gasteiger partial charge in [0.2, 0.25) is 0 Å². The Kier molecular flexibility index (Phi) is 4.99. The Hall–Kier alpha value is -3.67. The molecule has 0 saturated heterocycles. The van der Waals surface area contributed by atoms with Gasteiger partial charge in [-0.05, 0) is 75.4 Å². The zero-order valence-electron chi connectivity index (χ0n) is 16.6. The summed E-state index contributed by atoms with van der Waals surface area (Å²) in [4.78, 5) is 19.5. The summed E-state index contributed by atoms with van der Waals surface area (Å²) in [6, 6.07) is 18.4. The fraction of sp³-hybridized carbons (Fsp3) is 0.174. The van der Waals surface area contributed by atoms with Gasteiger partial charge in [0, 0.05) is 17.5 Å². The molecule has 0 unspecified atom stereocenters. The second-order valence-electron chi connectivity index (χ2n) is 6.94. The van der Waals surface area contributed by atoms with Crippen LogP contribution >= 0.6 is 0 Å².